The minimum Gasteiger partial charge on any atom is -0.337 e. The zero-order valence-electron chi connectivity index (χ0n) is 11.5. The van der Waals surface area contributed by atoms with E-state index >= 15 is 0 Å². The van der Waals surface area contributed by atoms with Crippen LogP contribution in [-0.2, 0) is 0 Å². The first-order valence-corrected chi connectivity index (χ1v) is 8.19. The smallest absolute Gasteiger partial charge is 0.253 e. The predicted molar refractivity (Wildman–Crippen MR) is 84.2 cm³/mol. The maximum atomic E-state index is 12.7. The molecule has 2 bridgehead atoms. The monoisotopic (exact) mass is 356 g/mol. The fourth-order valence-corrected chi connectivity index (χ4v) is 4.21. The molecule has 2 heterocycles. The molecule has 0 saturated carbocycles. The number of carbonyl (C=O) groups is 1. The van der Waals surface area contributed by atoms with Gasteiger partial charge in [-0.15, -0.1) is 0 Å². The van der Waals surface area contributed by atoms with Crippen molar-refractivity contribution >= 4 is 33.4 Å². The van der Waals surface area contributed by atoms with Crippen molar-refractivity contribution in [3.05, 3.63) is 33.3 Å². The molecule has 1 aromatic carbocycles. The summed E-state index contributed by atoms with van der Waals surface area (Å²) in [7, 11) is 2.19. The number of likely N-dealkylation sites (tertiary alicyclic amines) is 1. The summed E-state index contributed by atoms with van der Waals surface area (Å²) in [5.74, 6) is 0.0918. The second kappa shape index (κ2) is 5.66. The molecular weight excluding hydrogens is 340 g/mol. The van der Waals surface area contributed by atoms with Gasteiger partial charge in [0.2, 0.25) is 0 Å². The first kappa shape index (κ1) is 14.4. The topological polar surface area (TPSA) is 23.6 Å². The van der Waals surface area contributed by atoms with Crippen molar-refractivity contribution in [3.8, 4) is 0 Å². The highest BCUT2D eigenvalue weighted by atomic mass is 79.9. The Kier molecular flexibility index (Phi) is 4.07. The quantitative estimate of drug-likeness (QED) is 0.769. The van der Waals surface area contributed by atoms with Crippen LogP contribution >= 0.6 is 27.5 Å². The van der Waals surface area contributed by atoms with E-state index in [-0.39, 0.29) is 5.91 Å². The van der Waals surface area contributed by atoms with E-state index in [0.717, 1.165) is 24.0 Å². The van der Waals surface area contributed by atoms with Gasteiger partial charge in [0.05, 0.1) is 0 Å². The van der Waals surface area contributed by atoms with Gasteiger partial charge in [-0.25, -0.2) is 0 Å². The number of amides is 1. The number of fused-ring (bicyclic) bond motifs is 2. The SMILES string of the molecule is CN1C2CCC1CN(C(=O)c1cc(Cl)cc(Br)c1)CC2. The molecule has 0 spiro atoms. The number of nitrogens with zero attached hydrogens (tertiary/aromatic N) is 2. The molecule has 1 aromatic rings. The van der Waals surface area contributed by atoms with Gasteiger partial charge in [0.1, 0.15) is 0 Å². The normalized spacial score (nSPS) is 26.6. The Bertz CT molecular complexity index is 516. The first-order chi connectivity index (χ1) is 9.54. The summed E-state index contributed by atoms with van der Waals surface area (Å²) in [4.78, 5) is 17.1. The van der Waals surface area contributed by atoms with Crippen LogP contribution in [-0.4, -0.2) is 47.9 Å². The summed E-state index contributed by atoms with van der Waals surface area (Å²) in [6.07, 6.45) is 3.54. The fourth-order valence-electron chi connectivity index (χ4n) is 3.35. The molecule has 1 amide bonds. The molecule has 5 heteroatoms. The Labute approximate surface area is 133 Å². The third kappa shape index (κ3) is 2.74. The Morgan fingerprint density at radius 2 is 2.00 bits per heavy atom. The maximum Gasteiger partial charge on any atom is 0.253 e. The molecule has 3 nitrogen and oxygen atoms in total. The summed E-state index contributed by atoms with van der Waals surface area (Å²) in [5.41, 5.74) is 0.671. The second-order valence-electron chi connectivity index (χ2n) is 5.75. The lowest BCUT2D eigenvalue weighted by molar-refractivity contribution is 0.0740. The summed E-state index contributed by atoms with van der Waals surface area (Å²) in [5, 5.41) is 0.594. The molecule has 108 valence electrons. The lowest BCUT2D eigenvalue weighted by atomic mass is 10.1. The van der Waals surface area contributed by atoms with Crippen molar-refractivity contribution in [2.45, 2.75) is 31.3 Å². The standard InChI is InChI=1S/C15H18BrClN2O/c1-18-13-2-3-14(18)9-19(5-4-13)15(20)10-6-11(16)8-12(17)7-10/h6-8,13-14H,2-5,9H2,1H3. The molecule has 2 fully saturated rings. The van der Waals surface area contributed by atoms with Crippen LogP contribution in [0.1, 0.15) is 29.6 Å². The molecule has 2 aliphatic heterocycles. The molecule has 2 aliphatic rings. The molecule has 2 unspecified atom stereocenters. The van der Waals surface area contributed by atoms with Gasteiger partial charge in [0.25, 0.3) is 5.91 Å². The van der Waals surface area contributed by atoms with Crippen LogP contribution in [0.3, 0.4) is 0 Å². The van der Waals surface area contributed by atoms with Crippen molar-refractivity contribution in [1.29, 1.82) is 0 Å². The van der Waals surface area contributed by atoms with E-state index in [4.69, 9.17) is 11.6 Å². The van der Waals surface area contributed by atoms with Gasteiger partial charge < -0.3 is 4.90 Å². The number of likely N-dealkylation sites (N-methyl/N-ethyl adjacent to an activating group) is 1. The van der Waals surface area contributed by atoms with E-state index in [1.807, 2.05) is 11.0 Å². The minimum absolute atomic E-state index is 0.0918. The van der Waals surface area contributed by atoms with Crippen molar-refractivity contribution in [2.24, 2.45) is 0 Å². The minimum atomic E-state index is 0.0918. The van der Waals surface area contributed by atoms with Crippen molar-refractivity contribution in [2.75, 3.05) is 20.1 Å². The van der Waals surface area contributed by atoms with Crippen molar-refractivity contribution < 1.29 is 4.79 Å². The Hall–Kier alpha value is -0.580. The van der Waals surface area contributed by atoms with Crippen molar-refractivity contribution in [1.82, 2.24) is 9.80 Å². The van der Waals surface area contributed by atoms with Crippen LogP contribution in [0.5, 0.6) is 0 Å². The molecule has 0 aliphatic carbocycles. The van der Waals surface area contributed by atoms with Crippen LogP contribution in [0.2, 0.25) is 5.02 Å². The summed E-state index contributed by atoms with van der Waals surface area (Å²) >= 11 is 9.44. The molecule has 0 aromatic heterocycles. The highest BCUT2D eigenvalue weighted by Gasteiger charge is 2.36. The molecule has 2 saturated heterocycles. The zero-order valence-corrected chi connectivity index (χ0v) is 13.8. The number of hydrogen-bond donors (Lipinski definition) is 0. The Balaban J connectivity index is 1.80. The van der Waals surface area contributed by atoms with E-state index in [1.165, 1.54) is 12.8 Å². The van der Waals surface area contributed by atoms with Crippen molar-refractivity contribution in [3.63, 3.8) is 0 Å². The van der Waals surface area contributed by atoms with Crippen LogP contribution in [0.25, 0.3) is 0 Å². The third-order valence-corrected chi connectivity index (χ3v) is 5.22. The zero-order chi connectivity index (χ0) is 14.3. The van der Waals surface area contributed by atoms with E-state index in [0.29, 0.717) is 22.7 Å². The Morgan fingerprint density at radius 3 is 2.75 bits per heavy atom. The van der Waals surface area contributed by atoms with Crippen LogP contribution < -0.4 is 0 Å². The molecule has 0 radical (unpaired) electrons. The maximum absolute atomic E-state index is 12.7. The van der Waals surface area contributed by atoms with E-state index < -0.39 is 0 Å². The molecular formula is C15H18BrClN2O. The van der Waals surface area contributed by atoms with Gasteiger partial charge in [-0.1, -0.05) is 27.5 Å². The lowest BCUT2D eigenvalue weighted by Gasteiger charge is -2.26. The average molecular weight is 358 g/mol. The number of hydrogen-bond acceptors (Lipinski definition) is 2. The molecule has 2 atom stereocenters. The molecule has 0 N–H and O–H groups in total. The van der Waals surface area contributed by atoms with E-state index in [9.17, 15) is 4.79 Å². The second-order valence-corrected chi connectivity index (χ2v) is 7.10. The summed E-state index contributed by atoms with van der Waals surface area (Å²) in [6, 6.07) is 6.55. The van der Waals surface area contributed by atoms with Gasteiger partial charge in [-0.05, 0) is 44.5 Å². The fraction of sp³-hybridized carbons (Fsp3) is 0.533. The van der Waals surface area contributed by atoms with Crippen LogP contribution in [0, 0.1) is 0 Å². The summed E-state index contributed by atoms with van der Waals surface area (Å²) < 4.78 is 0.849. The largest absolute Gasteiger partial charge is 0.337 e. The number of benzene rings is 1. The lowest BCUT2D eigenvalue weighted by Crippen LogP contribution is -2.39. The average Bonchev–Trinajstić information content (AvgIpc) is 2.61. The number of rotatable bonds is 1. The highest BCUT2D eigenvalue weighted by molar-refractivity contribution is 9.10. The van der Waals surface area contributed by atoms with E-state index in [1.54, 1.807) is 12.1 Å². The van der Waals surface area contributed by atoms with Gasteiger partial charge >= 0.3 is 0 Å². The van der Waals surface area contributed by atoms with Gasteiger partial charge in [-0.2, -0.15) is 0 Å². The van der Waals surface area contributed by atoms with Crippen LogP contribution in [0.4, 0.5) is 0 Å². The highest BCUT2D eigenvalue weighted by Crippen LogP contribution is 2.29. The number of halogens is 2. The first-order valence-electron chi connectivity index (χ1n) is 7.02. The molecule has 3 rings (SSSR count). The summed E-state index contributed by atoms with van der Waals surface area (Å²) in [6.45, 7) is 1.67. The number of carbonyl (C=O) groups excluding carboxylic acids is 1. The van der Waals surface area contributed by atoms with Gasteiger partial charge in [0, 0.05) is 40.2 Å². The third-order valence-electron chi connectivity index (χ3n) is 4.55. The predicted octanol–water partition coefficient (Wildman–Crippen LogP) is 3.41. The Morgan fingerprint density at radius 1 is 1.25 bits per heavy atom. The van der Waals surface area contributed by atoms with Gasteiger partial charge in [0.15, 0.2) is 0 Å². The van der Waals surface area contributed by atoms with Gasteiger partial charge in [-0.3, -0.25) is 9.69 Å². The van der Waals surface area contributed by atoms with E-state index in [2.05, 4.69) is 27.9 Å². The van der Waals surface area contributed by atoms with Crippen LogP contribution in [0.15, 0.2) is 22.7 Å². The molecule has 20 heavy (non-hydrogen) atoms.